The number of ether oxygens (including phenoxy) is 3. The first kappa shape index (κ1) is 25.1. The van der Waals surface area contributed by atoms with Crippen LogP contribution in [0.15, 0.2) is 41.4 Å². The zero-order valence-electron chi connectivity index (χ0n) is 18.6. The average Bonchev–Trinajstić information content (AvgIpc) is 2.80. The molecule has 2 N–H and O–H groups in total. The SMILES string of the molecule is CCNC(=NCC(O)c1cccc(OC)c1)N1CCc2cc(OC)c(OC)cc2C1.I. The lowest BCUT2D eigenvalue weighted by atomic mass is 9.99. The van der Waals surface area contributed by atoms with Crippen molar-refractivity contribution in [1.29, 1.82) is 0 Å². The van der Waals surface area contributed by atoms with E-state index in [1.807, 2.05) is 37.3 Å². The maximum atomic E-state index is 10.6. The summed E-state index contributed by atoms with van der Waals surface area (Å²) in [4.78, 5) is 6.91. The average molecular weight is 541 g/mol. The third-order valence-corrected chi connectivity index (χ3v) is 5.25. The molecule has 0 saturated carbocycles. The molecular formula is C23H32IN3O4. The third kappa shape index (κ3) is 6.16. The lowest BCUT2D eigenvalue weighted by Crippen LogP contribution is -2.44. The molecule has 1 aliphatic rings. The molecule has 1 heterocycles. The minimum absolute atomic E-state index is 0. The number of aliphatic hydroxyl groups is 1. The van der Waals surface area contributed by atoms with Crippen molar-refractivity contribution >= 4 is 29.9 Å². The van der Waals surface area contributed by atoms with Crippen LogP contribution in [0.3, 0.4) is 0 Å². The van der Waals surface area contributed by atoms with E-state index in [4.69, 9.17) is 19.2 Å². The minimum atomic E-state index is -0.699. The molecule has 0 radical (unpaired) electrons. The van der Waals surface area contributed by atoms with Crippen molar-refractivity contribution in [2.45, 2.75) is 26.0 Å². The molecule has 170 valence electrons. The van der Waals surface area contributed by atoms with Crippen LogP contribution in [0.1, 0.15) is 29.7 Å². The quantitative estimate of drug-likeness (QED) is 0.318. The van der Waals surface area contributed by atoms with Gasteiger partial charge in [-0.05, 0) is 54.3 Å². The van der Waals surface area contributed by atoms with Gasteiger partial charge in [-0.2, -0.15) is 0 Å². The van der Waals surface area contributed by atoms with Crippen molar-refractivity contribution in [1.82, 2.24) is 10.2 Å². The molecule has 7 nitrogen and oxygen atoms in total. The molecular weight excluding hydrogens is 509 g/mol. The minimum Gasteiger partial charge on any atom is -0.497 e. The van der Waals surface area contributed by atoms with Crippen molar-refractivity contribution in [3.05, 3.63) is 53.1 Å². The van der Waals surface area contributed by atoms with Crippen LogP contribution in [0.25, 0.3) is 0 Å². The summed E-state index contributed by atoms with van der Waals surface area (Å²) in [6.07, 6.45) is 0.189. The second-order valence-electron chi connectivity index (χ2n) is 7.13. The van der Waals surface area contributed by atoms with E-state index in [-0.39, 0.29) is 30.5 Å². The van der Waals surface area contributed by atoms with Gasteiger partial charge in [0.1, 0.15) is 5.75 Å². The second-order valence-corrected chi connectivity index (χ2v) is 7.13. The Kier molecular flexibility index (Phi) is 9.70. The van der Waals surface area contributed by atoms with Gasteiger partial charge < -0.3 is 29.5 Å². The molecule has 0 aromatic heterocycles. The smallest absolute Gasteiger partial charge is 0.194 e. The maximum absolute atomic E-state index is 10.6. The van der Waals surface area contributed by atoms with Gasteiger partial charge in [-0.3, -0.25) is 4.99 Å². The van der Waals surface area contributed by atoms with E-state index in [1.165, 1.54) is 11.1 Å². The monoisotopic (exact) mass is 541 g/mol. The fraction of sp³-hybridized carbons (Fsp3) is 0.435. The predicted octanol–water partition coefficient (Wildman–Crippen LogP) is 3.39. The Morgan fingerprint density at radius 3 is 2.45 bits per heavy atom. The van der Waals surface area contributed by atoms with Gasteiger partial charge in [0.05, 0.1) is 34.0 Å². The summed E-state index contributed by atoms with van der Waals surface area (Å²) in [7, 11) is 4.92. The first-order valence-electron chi connectivity index (χ1n) is 10.2. The molecule has 3 rings (SSSR count). The highest BCUT2D eigenvalue weighted by molar-refractivity contribution is 14.0. The molecule has 1 aliphatic heterocycles. The number of aliphatic imine (C=N–C) groups is 1. The van der Waals surface area contributed by atoms with Gasteiger partial charge >= 0.3 is 0 Å². The summed E-state index contributed by atoms with van der Waals surface area (Å²) >= 11 is 0. The van der Waals surface area contributed by atoms with Gasteiger partial charge in [-0.25, -0.2) is 0 Å². The molecule has 31 heavy (non-hydrogen) atoms. The lowest BCUT2D eigenvalue weighted by molar-refractivity contribution is 0.186. The first-order valence-corrected chi connectivity index (χ1v) is 10.2. The van der Waals surface area contributed by atoms with Crippen LogP contribution < -0.4 is 19.5 Å². The Morgan fingerprint density at radius 2 is 1.81 bits per heavy atom. The van der Waals surface area contributed by atoms with Gasteiger partial charge in [-0.1, -0.05) is 12.1 Å². The van der Waals surface area contributed by atoms with E-state index >= 15 is 0 Å². The summed E-state index contributed by atoms with van der Waals surface area (Å²) < 4.78 is 16.1. The number of hydrogen-bond acceptors (Lipinski definition) is 5. The molecule has 1 atom stereocenters. The molecule has 0 bridgehead atoms. The number of rotatable bonds is 7. The molecule has 0 fully saturated rings. The van der Waals surface area contributed by atoms with E-state index in [0.29, 0.717) is 0 Å². The molecule has 2 aromatic carbocycles. The number of aliphatic hydroxyl groups excluding tert-OH is 1. The van der Waals surface area contributed by atoms with Gasteiger partial charge in [0.2, 0.25) is 0 Å². The number of hydrogen-bond donors (Lipinski definition) is 2. The van der Waals surface area contributed by atoms with Crippen LogP contribution in [0.2, 0.25) is 0 Å². The lowest BCUT2D eigenvalue weighted by Gasteiger charge is -2.32. The highest BCUT2D eigenvalue weighted by atomic mass is 127. The van der Waals surface area contributed by atoms with E-state index in [9.17, 15) is 5.11 Å². The standard InChI is InChI=1S/C23H31N3O4.HI/c1-5-24-23(25-14-20(27)17-7-6-8-19(11-17)28-2)26-10-9-16-12-21(29-3)22(30-4)13-18(16)15-26;/h6-8,11-13,20,27H,5,9-10,14-15H2,1-4H3,(H,24,25);1H. The predicted molar refractivity (Wildman–Crippen MR) is 133 cm³/mol. The summed E-state index contributed by atoms with van der Waals surface area (Å²) in [5.41, 5.74) is 3.24. The van der Waals surface area contributed by atoms with Gasteiger partial charge in [0.15, 0.2) is 17.5 Å². The summed E-state index contributed by atoms with van der Waals surface area (Å²) in [6.45, 7) is 4.62. The van der Waals surface area contributed by atoms with Crippen LogP contribution in [0.4, 0.5) is 0 Å². The van der Waals surface area contributed by atoms with Gasteiger partial charge in [0, 0.05) is 19.6 Å². The Bertz CT molecular complexity index is 891. The first-order chi connectivity index (χ1) is 14.6. The summed E-state index contributed by atoms with van der Waals surface area (Å²) in [5, 5.41) is 13.9. The normalized spacial score (nSPS) is 14.2. The number of guanidine groups is 1. The summed E-state index contributed by atoms with van der Waals surface area (Å²) in [6, 6.07) is 11.5. The molecule has 0 spiro atoms. The molecule has 0 saturated heterocycles. The molecule has 1 unspecified atom stereocenters. The largest absolute Gasteiger partial charge is 0.497 e. The van der Waals surface area contributed by atoms with E-state index < -0.39 is 6.10 Å². The number of nitrogens with one attached hydrogen (secondary N) is 1. The maximum Gasteiger partial charge on any atom is 0.194 e. The third-order valence-electron chi connectivity index (χ3n) is 5.25. The van der Waals surface area contributed by atoms with Crippen molar-refractivity contribution in [2.75, 3.05) is 41.0 Å². The van der Waals surface area contributed by atoms with Crippen LogP contribution >= 0.6 is 24.0 Å². The van der Waals surface area contributed by atoms with Crippen LogP contribution in [0, 0.1) is 0 Å². The van der Waals surface area contributed by atoms with Crippen molar-refractivity contribution in [2.24, 2.45) is 4.99 Å². The van der Waals surface area contributed by atoms with Gasteiger partial charge in [-0.15, -0.1) is 24.0 Å². The fourth-order valence-electron chi connectivity index (χ4n) is 3.62. The van der Waals surface area contributed by atoms with Gasteiger partial charge in [0.25, 0.3) is 0 Å². The van der Waals surface area contributed by atoms with Crippen molar-refractivity contribution in [3.63, 3.8) is 0 Å². The Labute approximate surface area is 201 Å². The zero-order chi connectivity index (χ0) is 21.5. The highest BCUT2D eigenvalue weighted by Gasteiger charge is 2.22. The number of benzene rings is 2. The van der Waals surface area contributed by atoms with Crippen molar-refractivity contribution in [3.8, 4) is 17.2 Å². The molecule has 0 aliphatic carbocycles. The van der Waals surface area contributed by atoms with Crippen LogP contribution in [-0.2, 0) is 13.0 Å². The van der Waals surface area contributed by atoms with Crippen molar-refractivity contribution < 1.29 is 19.3 Å². The van der Waals surface area contributed by atoms with E-state index in [0.717, 1.165) is 54.8 Å². The Morgan fingerprint density at radius 1 is 1.10 bits per heavy atom. The number of methoxy groups -OCH3 is 3. The summed E-state index contributed by atoms with van der Waals surface area (Å²) in [5.74, 6) is 3.00. The van der Waals surface area contributed by atoms with Crippen LogP contribution in [-0.4, -0.2) is 56.9 Å². The number of halogens is 1. The van der Waals surface area contributed by atoms with E-state index in [1.54, 1.807) is 21.3 Å². The topological polar surface area (TPSA) is 75.6 Å². The fourth-order valence-corrected chi connectivity index (χ4v) is 3.62. The highest BCUT2D eigenvalue weighted by Crippen LogP contribution is 2.33. The molecule has 2 aromatic rings. The zero-order valence-corrected chi connectivity index (χ0v) is 20.9. The Balaban J connectivity index is 0.00000341. The second kappa shape index (κ2) is 12.0. The molecule has 8 heteroatoms. The molecule has 0 amide bonds. The number of nitrogens with zero attached hydrogens (tertiary/aromatic N) is 2. The number of fused-ring (bicyclic) bond motifs is 1. The van der Waals surface area contributed by atoms with E-state index in [2.05, 4.69) is 16.3 Å². The Hall–Kier alpha value is -2.20. The van der Waals surface area contributed by atoms with Crippen LogP contribution in [0.5, 0.6) is 17.2 Å².